The minimum absolute atomic E-state index is 0.312. The minimum atomic E-state index is 0.312. The van der Waals surface area contributed by atoms with Crippen LogP contribution in [0.4, 0.5) is 0 Å². The number of hydrogen-bond acceptors (Lipinski definition) is 3. The fraction of sp³-hybridized carbons (Fsp3) is 0.750. The Labute approximate surface area is 153 Å². The Morgan fingerprint density at radius 2 is 1.75 bits per heavy atom. The van der Waals surface area contributed by atoms with Crippen LogP contribution in [0, 0.1) is 35.2 Å². The number of allylic oxidation sites excluding steroid dienone is 2. The summed E-state index contributed by atoms with van der Waals surface area (Å²) in [5.74, 6) is 3.29. The Hall–Kier alpha value is -0.160. The van der Waals surface area contributed by atoms with Crippen molar-refractivity contribution in [3.05, 3.63) is 28.8 Å². The summed E-state index contributed by atoms with van der Waals surface area (Å²) >= 11 is 3.61. The molecule has 0 heterocycles. The highest BCUT2D eigenvalue weighted by Crippen LogP contribution is 2.64. The van der Waals surface area contributed by atoms with Crippen LogP contribution in [-0.2, 0) is 14.2 Å². The first-order chi connectivity index (χ1) is 11.7. The topological polar surface area (TPSA) is 27.7 Å². The standard InChI is InChI=1S/C20H28BrO3/c1-22-4-5-23-13-24-19-9-17(21)2-3-18(19)20-10-14-6-15(11-20)8-16(7-14)12-20/h2-3,9,14-16,18H,4-8,10-13H2,1H3. The van der Waals surface area contributed by atoms with E-state index in [0.29, 0.717) is 31.3 Å². The number of methoxy groups -OCH3 is 1. The molecule has 0 aliphatic heterocycles. The lowest BCUT2D eigenvalue weighted by Crippen LogP contribution is -2.50. The van der Waals surface area contributed by atoms with Crippen LogP contribution in [0.15, 0.2) is 22.7 Å². The van der Waals surface area contributed by atoms with Gasteiger partial charge in [0, 0.05) is 17.5 Å². The van der Waals surface area contributed by atoms with Crippen molar-refractivity contribution in [3.8, 4) is 0 Å². The number of hydrogen-bond donors (Lipinski definition) is 0. The molecule has 0 aromatic rings. The van der Waals surface area contributed by atoms with Crippen molar-refractivity contribution in [2.24, 2.45) is 29.1 Å². The monoisotopic (exact) mass is 395 g/mol. The van der Waals surface area contributed by atoms with Crippen LogP contribution in [0.3, 0.4) is 0 Å². The Morgan fingerprint density at radius 1 is 1.08 bits per heavy atom. The van der Waals surface area contributed by atoms with Gasteiger partial charge in [-0.2, -0.15) is 0 Å². The van der Waals surface area contributed by atoms with Gasteiger partial charge in [0.25, 0.3) is 0 Å². The first kappa shape index (κ1) is 17.3. The van der Waals surface area contributed by atoms with E-state index in [4.69, 9.17) is 14.2 Å². The Balaban J connectivity index is 1.45. The molecular formula is C20H28BrO3. The molecule has 133 valence electrons. The molecule has 0 aromatic heterocycles. The molecule has 1 atom stereocenters. The molecule has 1 radical (unpaired) electrons. The molecule has 1 unspecified atom stereocenters. The molecule has 24 heavy (non-hydrogen) atoms. The summed E-state index contributed by atoms with van der Waals surface area (Å²) in [6.45, 7) is 1.50. The van der Waals surface area contributed by atoms with Crippen molar-refractivity contribution in [1.29, 1.82) is 0 Å². The number of rotatable bonds is 7. The predicted octanol–water partition coefficient (Wildman–Crippen LogP) is 4.84. The molecule has 0 amide bonds. The second-order valence-corrected chi connectivity index (χ2v) is 9.13. The molecule has 0 spiro atoms. The lowest BCUT2D eigenvalue weighted by atomic mass is 9.45. The Bertz CT molecular complexity index is 478. The molecule has 4 fully saturated rings. The second-order valence-electron chi connectivity index (χ2n) is 8.21. The van der Waals surface area contributed by atoms with E-state index in [1.165, 1.54) is 38.5 Å². The highest BCUT2D eigenvalue weighted by atomic mass is 79.9. The average molecular weight is 396 g/mol. The summed E-state index contributed by atoms with van der Waals surface area (Å²) in [4.78, 5) is 0. The van der Waals surface area contributed by atoms with Crippen molar-refractivity contribution in [2.45, 2.75) is 38.5 Å². The van der Waals surface area contributed by atoms with E-state index in [1.54, 1.807) is 7.11 Å². The van der Waals surface area contributed by atoms with Gasteiger partial charge in [-0.1, -0.05) is 28.1 Å². The van der Waals surface area contributed by atoms with Crippen molar-refractivity contribution in [1.82, 2.24) is 0 Å². The first-order valence-electron chi connectivity index (χ1n) is 9.30. The van der Waals surface area contributed by atoms with Gasteiger partial charge in [0.15, 0.2) is 0 Å². The van der Waals surface area contributed by atoms with E-state index in [0.717, 1.165) is 28.3 Å². The van der Waals surface area contributed by atoms with Crippen molar-refractivity contribution >= 4 is 15.9 Å². The highest BCUT2D eigenvalue weighted by Gasteiger charge is 2.55. The maximum Gasteiger partial charge on any atom is 0.148 e. The van der Waals surface area contributed by atoms with Crippen LogP contribution < -0.4 is 0 Å². The maximum atomic E-state index is 6.08. The minimum Gasteiger partial charge on any atom is -0.382 e. The van der Waals surface area contributed by atoms with Crippen LogP contribution in [0.25, 0.3) is 0 Å². The summed E-state index contributed by atoms with van der Waals surface area (Å²) in [6, 6.07) is 0. The van der Waals surface area contributed by atoms with Gasteiger partial charge in [-0.3, -0.25) is 0 Å². The highest BCUT2D eigenvalue weighted by molar-refractivity contribution is 9.11. The van der Waals surface area contributed by atoms with E-state index in [2.05, 4.69) is 34.2 Å². The zero-order valence-electron chi connectivity index (χ0n) is 14.5. The van der Waals surface area contributed by atoms with E-state index in [-0.39, 0.29) is 0 Å². The van der Waals surface area contributed by atoms with Gasteiger partial charge >= 0.3 is 0 Å². The zero-order valence-corrected chi connectivity index (χ0v) is 16.1. The van der Waals surface area contributed by atoms with Crippen molar-refractivity contribution in [3.63, 3.8) is 0 Å². The third kappa shape index (κ3) is 3.40. The first-order valence-corrected chi connectivity index (χ1v) is 10.1. The van der Waals surface area contributed by atoms with Crippen LogP contribution in [0.2, 0.25) is 0 Å². The van der Waals surface area contributed by atoms with Gasteiger partial charge < -0.3 is 14.2 Å². The molecule has 5 aliphatic carbocycles. The quantitative estimate of drug-likeness (QED) is 0.456. The molecule has 5 aliphatic rings. The van der Waals surface area contributed by atoms with Crippen molar-refractivity contribution in [2.75, 3.05) is 27.1 Å². The smallest absolute Gasteiger partial charge is 0.148 e. The molecule has 0 N–H and O–H groups in total. The van der Waals surface area contributed by atoms with E-state index < -0.39 is 0 Å². The van der Waals surface area contributed by atoms with E-state index >= 15 is 0 Å². The van der Waals surface area contributed by atoms with E-state index in [1.807, 2.05) is 0 Å². The van der Waals surface area contributed by atoms with Crippen LogP contribution >= 0.6 is 15.9 Å². The summed E-state index contributed by atoms with van der Waals surface area (Å²) < 4.78 is 17.7. The van der Waals surface area contributed by atoms with Gasteiger partial charge in [-0.05, 0) is 67.8 Å². The van der Waals surface area contributed by atoms with Gasteiger partial charge in [-0.15, -0.1) is 0 Å². The molecule has 4 heteroatoms. The lowest BCUT2D eigenvalue weighted by molar-refractivity contribution is -0.108. The van der Waals surface area contributed by atoms with Gasteiger partial charge in [-0.25, -0.2) is 0 Å². The SMILES string of the molecule is COCCOCO[C]1C=C(Br)C=CC1C12CC3CC(CC(C3)C1)C2. The zero-order chi connectivity index (χ0) is 16.6. The summed E-state index contributed by atoms with van der Waals surface area (Å²) in [5.41, 5.74) is 0.428. The lowest BCUT2D eigenvalue weighted by Gasteiger charge is -2.60. The maximum absolute atomic E-state index is 6.08. The number of halogens is 1. The normalized spacial score (nSPS) is 41.0. The molecule has 4 saturated carbocycles. The van der Waals surface area contributed by atoms with Crippen molar-refractivity contribution < 1.29 is 14.2 Å². The van der Waals surface area contributed by atoms with Crippen LogP contribution in [0.5, 0.6) is 0 Å². The summed E-state index contributed by atoms with van der Waals surface area (Å²) in [5, 5.41) is 0. The molecule has 3 nitrogen and oxygen atoms in total. The average Bonchev–Trinajstić information content (AvgIpc) is 2.53. The molecular weight excluding hydrogens is 368 g/mol. The third-order valence-electron chi connectivity index (χ3n) is 6.52. The van der Waals surface area contributed by atoms with Gasteiger partial charge in [0.2, 0.25) is 0 Å². The largest absolute Gasteiger partial charge is 0.382 e. The molecule has 5 rings (SSSR count). The fourth-order valence-electron chi connectivity index (χ4n) is 6.06. The summed E-state index contributed by atoms with van der Waals surface area (Å²) in [6.07, 6.45) is 16.4. The van der Waals surface area contributed by atoms with Crippen LogP contribution in [0.1, 0.15) is 38.5 Å². The third-order valence-corrected chi connectivity index (χ3v) is 7.01. The second kappa shape index (κ2) is 7.22. The summed E-state index contributed by atoms with van der Waals surface area (Å²) in [7, 11) is 1.69. The fourth-order valence-corrected chi connectivity index (χ4v) is 6.44. The molecule has 0 aromatic carbocycles. The predicted molar refractivity (Wildman–Crippen MR) is 97.3 cm³/mol. The number of ether oxygens (including phenoxy) is 3. The van der Waals surface area contributed by atoms with E-state index in [9.17, 15) is 0 Å². The van der Waals surface area contributed by atoms with Gasteiger partial charge in [0.05, 0.1) is 13.2 Å². The Morgan fingerprint density at radius 3 is 2.38 bits per heavy atom. The molecule has 0 saturated heterocycles. The molecule has 4 bridgehead atoms. The van der Waals surface area contributed by atoms with Gasteiger partial charge in [0.1, 0.15) is 12.9 Å². The Kier molecular flexibility index (Phi) is 5.19. The van der Waals surface area contributed by atoms with Crippen LogP contribution in [-0.4, -0.2) is 27.1 Å².